The van der Waals surface area contributed by atoms with Crippen LogP contribution in [0.5, 0.6) is 0 Å². The topological polar surface area (TPSA) is 85.3 Å². The summed E-state index contributed by atoms with van der Waals surface area (Å²) in [5.41, 5.74) is 5.41. The number of benzene rings is 3. The molecule has 35 heavy (non-hydrogen) atoms. The first-order valence-corrected chi connectivity index (χ1v) is 11.9. The molecule has 1 aromatic heterocycles. The molecule has 1 aliphatic carbocycles. The standard InChI is InChI=1S/C30H30N2O3/c1-18-14-15-22-23(17-31-19(2)33)27(32-24(22)16-18)25(20-10-6-4-7-11-20)26-28(34)30(3,29(26)35)21-12-8-5-9-13-21/h4-16,25,28,32,34-35H,17H2,1-3H3,(H,31,33). The number of hydrogen-bond donors (Lipinski definition) is 4. The van der Waals surface area contributed by atoms with E-state index in [1.165, 1.54) is 6.92 Å². The van der Waals surface area contributed by atoms with Crippen LogP contribution >= 0.6 is 0 Å². The average molecular weight is 467 g/mol. The lowest BCUT2D eigenvalue weighted by atomic mass is 9.59. The first-order chi connectivity index (χ1) is 16.8. The van der Waals surface area contributed by atoms with Gasteiger partial charge in [0.25, 0.3) is 0 Å². The van der Waals surface area contributed by atoms with Crippen LogP contribution in [0.4, 0.5) is 0 Å². The van der Waals surface area contributed by atoms with Crippen LogP contribution in [0, 0.1) is 6.92 Å². The van der Waals surface area contributed by atoms with E-state index in [1.807, 2.05) is 74.5 Å². The van der Waals surface area contributed by atoms with E-state index in [1.54, 1.807) is 0 Å². The average Bonchev–Trinajstić information content (AvgIpc) is 3.22. The Hall–Kier alpha value is -3.83. The molecule has 5 heteroatoms. The zero-order valence-electron chi connectivity index (χ0n) is 20.2. The van der Waals surface area contributed by atoms with Crippen LogP contribution in [-0.2, 0) is 16.8 Å². The van der Waals surface area contributed by atoms with E-state index in [0.717, 1.165) is 38.9 Å². The van der Waals surface area contributed by atoms with Gasteiger partial charge in [-0.2, -0.15) is 0 Å². The molecule has 3 atom stereocenters. The van der Waals surface area contributed by atoms with E-state index in [2.05, 4.69) is 28.5 Å². The zero-order chi connectivity index (χ0) is 24.7. The summed E-state index contributed by atoms with van der Waals surface area (Å²) in [6, 6.07) is 25.7. The Kier molecular flexibility index (Phi) is 5.73. The van der Waals surface area contributed by atoms with Crippen molar-refractivity contribution in [3.8, 4) is 0 Å². The van der Waals surface area contributed by atoms with Crippen LogP contribution in [0.1, 0.15) is 47.7 Å². The maximum Gasteiger partial charge on any atom is 0.217 e. The molecular formula is C30H30N2O3. The Balaban J connectivity index is 1.73. The summed E-state index contributed by atoms with van der Waals surface area (Å²) < 4.78 is 0. The quantitative estimate of drug-likeness (QED) is 0.307. The summed E-state index contributed by atoms with van der Waals surface area (Å²) in [5.74, 6) is -0.333. The van der Waals surface area contributed by atoms with Crippen LogP contribution < -0.4 is 5.32 Å². The number of amides is 1. The van der Waals surface area contributed by atoms with Crippen molar-refractivity contribution in [2.75, 3.05) is 0 Å². The molecule has 4 N–H and O–H groups in total. The van der Waals surface area contributed by atoms with Crippen molar-refractivity contribution in [2.45, 2.75) is 44.8 Å². The van der Waals surface area contributed by atoms with Gasteiger partial charge in [0.1, 0.15) is 5.76 Å². The minimum absolute atomic E-state index is 0.115. The highest BCUT2D eigenvalue weighted by Crippen LogP contribution is 2.54. The molecule has 0 bridgehead atoms. The molecule has 5 nitrogen and oxygen atoms in total. The van der Waals surface area contributed by atoms with E-state index in [-0.39, 0.29) is 11.7 Å². The lowest BCUT2D eigenvalue weighted by molar-refractivity contribution is -0.119. The molecule has 0 spiro atoms. The number of carbonyl (C=O) groups excluding carboxylic acids is 1. The van der Waals surface area contributed by atoms with Gasteiger partial charge < -0.3 is 20.5 Å². The van der Waals surface area contributed by atoms with Crippen LogP contribution in [0.25, 0.3) is 10.9 Å². The molecule has 5 rings (SSSR count). The van der Waals surface area contributed by atoms with Crippen molar-refractivity contribution >= 4 is 16.8 Å². The molecule has 0 aliphatic heterocycles. The predicted molar refractivity (Wildman–Crippen MR) is 138 cm³/mol. The Morgan fingerprint density at radius 1 is 1.06 bits per heavy atom. The number of aliphatic hydroxyl groups excluding tert-OH is 2. The number of H-pyrrole nitrogens is 1. The summed E-state index contributed by atoms with van der Waals surface area (Å²) in [4.78, 5) is 15.4. The molecule has 1 aliphatic rings. The van der Waals surface area contributed by atoms with Gasteiger partial charge in [-0.05, 0) is 36.6 Å². The molecule has 1 amide bonds. The fourth-order valence-corrected chi connectivity index (χ4v) is 5.35. The predicted octanol–water partition coefficient (Wildman–Crippen LogP) is 5.39. The van der Waals surface area contributed by atoms with Gasteiger partial charge in [0, 0.05) is 41.2 Å². The normalized spacial score (nSPS) is 20.5. The van der Waals surface area contributed by atoms with E-state index in [9.17, 15) is 15.0 Å². The molecular weight excluding hydrogens is 436 g/mol. The van der Waals surface area contributed by atoms with Gasteiger partial charge in [0.05, 0.1) is 17.4 Å². The van der Waals surface area contributed by atoms with Gasteiger partial charge in [-0.1, -0.05) is 72.8 Å². The van der Waals surface area contributed by atoms with Crippen molar-refractivity contribution < 1.29 is 15.0 Å². The molecule has 178 valence electrons. The number of carbonyl (C=O) groups is 1. The Morgan fingerprint density at radius 2 is 1.71 bits per heavy atom. The van der Waals surface area contributed by atoms with Gasteiger partial charge in [-0.15, -0.1) is 0 Å². The minimum atomic E-state index is -0.885. The highest BCUT2D eigenvalue weighted by atomic mass is 16.3. The first-order valence-electron chi connectivity index (χ1n) is 11.9. The molecule has 3 aromatic carbocycles. The SMILES string of the molecule is CC(=O)NCc1c(C(C2=C(O)C(C)(c3ccccc3)C2O)c2ccccc2)[nH]c2cc(C)ccc12. The zero-order valence-corrected chi connectivity index (χ0v) is 20.2. The van der Waals surface area contributed by atoms with Crippen molar-refractivity contribution in [2.24, 2.45) is 0 Å². The monoisotopic (exact) mass is 466 g/mol. The second-order valence-corrected chi connectivity index (χ2v) is 9.59. The van der Waals surface area contributed by atoms with Crippen LogP contribution in [0.15, 0.2) is 90.2 Å². The summed E-state index contributed by atoms with van der Waals surface area (Å²) in [6.45, 7) is 5.76. The largest absolute Gasteiger partial charge is 0.511 e. The molecule has 0 fully saturated rings. The molecule has 0 saturated heterocycles. The Bertz CT molecular complexity index is 1420. The fourth-order valence-electron chi connectivity index (χ4n) is 5.35. The van der Waals surface area contributed by atoms with Crippen molar-refractivity contribution in [3.63, 3.8) is 0 Å². The second kappa shape index (κ2) is 8.75. The third-order valence-corrected chi connectivity index (χ3v) is 7.32. The first kappa shape index (κ1) is 22.9. The van der Waals surface area contributed by atoms with Crippen molar-refractivity contribution in [1.82, 2.24) is 10.3 Å². The van der Waals surface area contributed by atoms with E-state index in [0.29, 0.717) is 12.1 Å². The molecule has 4 aromatic rings. The molecule has 3 unspecified atom stereocenters. The number of hydrogen-bond acceptors (Lipinski definition) is 3. The van der Waals surface area contributed by atoms with Crippen molar-refractivity contribution in [3.05, 3.63) is 118 Å². The summed E-state index contributed by atoms with van der Waals surface area (Å²) in [7, 11) is 0. The fraction of sp³-hybridized carbons (Fsp3) is 0.233. The molecule has 0 radical (unpaired) electrons. The van der Waals surface area contributed by atoms with Gasteiger partial charge in [-0.25, -0.2) is 0 Å². The van der Waals surface area contributed by atoms with Gasteiger partial charge >= 0.3 is 0 Å². The van der Waals surface area contributed by atoms with E-state index >= 15 is 0 Å². The van der Waals surface area contributed by atoms with Gasteiger partial charge in [0.2, 0.25) is 5.91 Å². The van der Waals surface area contributed by atoms with Crippen molar-refractivity contribution in [1.29, 1.82) is 0 Å². The lowest BCUT2D eigenvalue weighted by Crippen LogP contribution is -2.51. The summed E-state index contributed by atoms with van der Waals surface area (Å²) >= 11 is 0. The van der Waals surface area contributed by atoms with Crippen LogP contribution in [0.2, 0.25) is 0 Å². The summed E-state index contributed by atoms with van der Waals surface area (Å²) in [5, 5.41) is 27.0. The number of fused-ring (bicyclic) bond motifs is 1. The maximum absolute atomic E-state index is 11.8. The van der Waals surface area contributed by atoms with E-state index in [4.69, 9.17) is 0 Å². The highest BCUT2D eigenvalue weighted by molar-refractivity contribution is 5.86. The summed E-state index contributed by atoms with van der Waals surface area (Å²) in [6.07, 6.45) is -0.878. The number of rotatable bonds is 6. The van der Waals surface area contributed by atoms with Gasteiger partial charge in [0.15, 0.2) is 0 Å². The Morgan fingerprint density at radius 3 is 2.34 bits per heavy atom. The molecule has 1 heterocycles. The van der Waals surface area contributed by atoms with Gasteiger partial charge in [-0.3, -0.25) is 4.79 Å². The third kappa shape index (κ3) is 3.72. The number of aromatic nitrogens is 1. The van der Waals surface area contributed by atoms with E-state index < -0.39 is 17.4 Å². The number of aliphatic hydroxyl groups is 2. The Labute approximate surface area is 205 Å². The number of nitrogens with one attached hydrogen (secondary N) is 2. The number of aromatic amines is 1. The smallest absolute Gasteiger partial charge is 0.217 e. The van der Waals surface area contributed by atoms with Crippen LogP contribution in [-0.4, -0.2) is 27.2 Å². The lowest BCUT2D eigenvalue weighted by Gasteiger charge is -2.48. The third-order valence-electron chi connectivity index (χ3n) is 7.32. The van der Waals surface area contributed by atoms with Crippen LogP contribution in [0.3, 0.4) is 0 Å². The maximum atomic E-state index is 11.8. The minimum Gasteiger partial charge on any atom is -0.511 e. The second-order valence-electron chi connectivity index (χ2n) is 9.59. The molecule has 0 saturated carbocycles. The highest BCUT2D eigenvalue weighted by Gasteiger charge is 2.54. The number of aryl methyl sites for hydroxylation is 1.